The van der Waals surface area contributed by atoms with E-state index in [4.69, 9.17) is 10.5 Å². The summed E-state index contributed by atoms with van der Waals surface area (Å²) in [6, 6.07) is 6.89. The zero-order valence-electron chi connectivity index (χ0n) is 12.3. The lowest BCUT2D eigenvalue weighted by molar-refractivity contribution is -0.123. The molecule has 0 aromatic heterocycles. The highest BCUT2D eigenvalue weighted by molar-refractivity contribution is 5.77. The van der Waals surface area contributed by atoms with Crippen molar-refractivity contribution < 1.29 is 14.6 Å². The van der Waals surface area contributed by atoms with Crippen molar-refractivity contribution in [1.82, 2.24) is 5.32 Å². The standard InChI is InChI=1S/C15H24N2O3/c1-15(2,3)8-12(18)9-17-14(19)10-20-13-6-4-5-11(16)7-13/h4-7,12,18H,8-10,16H2,1-3H3,(H,17,19). The number of hydrogen-bond acceptors (Lipinski definition) is 4. The molecule has 1 aromatic rings. The van der Waals surface area contributed by atoms with Gasteiger partial charge in [-0.1, -0.05) is 26.8 Å². The molecular weight excluding hydrogens is 256 g/mol. The highest BCUT2D eigenvalue weighted by Crippen LogP contribution is 2.20. The van der Waals surface area contributed by atoms with Crippen LogP contribution >= 0.6 is 0 Å². The molecule has 112 valence electrons. The molecule has 20 heavy (non-hydrogen) atoms. The Kier molecular flexibility index (Phi) is 5.82. The smallest absolute Gasteiger partial charge is 0.258 e. The van der Waals surface area contributed by atoms with Gasteiger partial charge >= 0.3 is 0 Å². The maximum Gasteiger partial charge on any atom is 0.258 e. The van der Waals surface area contributed by atoms with Gasteiger partial charge in [-0.2, -0.15) is 0 Å². The van der Waals surface area contributed by atoms with E-state index in [1.54, 1.807) is 24.3 Å². The van der Waals surface area contributed by atoms with Crippen LogP contribution in [-0.2, 0) is 4.79 Å². The first-order chi connectivity index (χ1) is 9.26. The predicted octanol–water partition coefficient (Wildman–Crippen LogP) is 1.56. The summed E-state index contributed by atoms with van der Waals surface area (Å²) in [6.07, 6.45) is 0.0786. The van der Waals surface area contributed by atoms with Crippen LogP contribution < -0.4 is 15.8 Å². The summed E-state index contributed by atoms with van der Waals surface area (Å²) < 4.78 is 5.31. The van der Waals surface area contributed by atoms with Crippen LogP contribution in [0, 0.1) is 5.41 Å². The van der Waals surface area contributed by atoms with E-state index in [0.29, 0.717) is 17.9 Å². The molecule has 0 heterocycles. The van der Waals surface area contributed by atoms with Crippen molar-refractivity contribution in [1.29, 1.82) is 0 Å². The maximum absolute atomic E-state index is 11.6. The van der Waals surface area contributed by atoms with Crippen molar-refractivity contribution >= 4 is 11.6 Å². The second-order valence-corrected chi connectivity index (χ2v) is 6.08. The summed E-state index contributed by atoms with van der Waals surface area (Å²) in [7, 11) is 0. The zero-order valence-corrected chi connectivity index (χ0v) is 12.3. The molecular formula is C15H24N2O3. The van der Waals surface area contributed by atoms with Crippen LogP contribution in [0.1, 0.15) is 27.2 Å². The van der Waals surface area contributed by atoms with Crippen LogP contribution in [0.15, 0.2) is 24.3 Å². The Balaban J connectivity index is 2.27. The molecule has 0 aliphatic heterocycles. The topological polar surface area (TPSA) is 84.6 Å². The Morgan fingerprint density at radius 2 is 2.15 bits per heavy atom. The number of nitrogen functional groups attached to an aromatic ring is 1. The Hall–Kier alpha value is -1.75. The maximum atomic E-state index is 11.6. The number of rotatable bonds is 6. The van der Waals surface area contributed by atoms with Gasteiger partial charge in [-0.15, -0.1) is 0 Å². The first kappa shape index (κ1) is 16.3. The van der Waals surface area contributed by atoms with E-state index in [1.165, 1.54) is 0 Å². The van der Waals surface area contributed by atoms with E-state index < -0.39 is 6.10 Å². The second-order valence-electron chi connectivity index (χ2n) is 6.08. The molecule has 4 N–H and O–H groups in total. The summed E-state index contributed by atoms with van der Waals surface area (Å²) in [4.78, 5) is 11.6. The minimum atomic E-state index is -0.550. The van der Waals surface area contributed by atoms with Crippen LogP contribution in [0.25, 0.3) is 0 Å². The third-order valence-corrected chi connectivity index (χ3v) is 2.61. The Morgan fingerprint density at radius 3 is 2.75 bits per heavy atom. The molecule has 1 atom stereocenters. The molecule has 0 bridgehead atoms. The number of aliphatic hydroxyl groups excluding tert-OH is 1. The van der Waals surface area contributed by atoms with Crippen LogP contribution in [0.3, 0.4) is 0 Å². The van der Waals surface area contributed by atoms with Crippen LogP contribution in [0.2, 0.25) is 0 Å². The molecule has 0 saturated heterocycles. The fraction of sp³-hybridized carbons (Fsp3) is 0.533. The van der Waals surface area contributed by atoms with Crippen LogP contribution in [0.4, 0.5) is 5.69 Å². The molecule has 5 nitrogen and oxygen atoms in total. The number of amides is 1. The molecule has 1 aromatic carbocycles. The quantitative estimate of drug-likeness (QED) is 0.690. The van der Waals surface area contributed by atoms with Gasteiger partial charge in [0.25, 0.3) is 5.91 Å². The molecule has 0 radical (unpaired) electrons. The molecule has 0 fully saturated rings. The minimum absolute atomic E-state index is 0.0300. The van der Waals surface area contributed by atoms with Gasteiger partial charge in [0.15, 0.2) is 6.61 Å². The van der Waals surface area contributed by atoms with E-state index in [-0.39, 0.29) is 24.5 Å². The first-order valence-corrected chi connectivity index (χ1v) is 6.69. The number of nitrogens with one attached hydrogen (secondary N) is 1. The van der Waals surface area contributed by atoms with Crippen molar-refractivity contribution in [3.05, 3.63) is 24.3 Å². The van der Waals surface area contributed by atoms with Gasteiger partial charge in [-0.3, -0.25) is 4.79 Å². The summed E-state index contributed by atoms with van der Waals surface area (Å²) in [6.45, 7) is 6.27. The average molecular weight is 280 g/mol. The largest absolute Gasteiger partial charge is 0.484 e. The van der Waals surface area contributed by atoms with Gasteiger partial charge in [-0.05, 0) is 24.0 Å². The third-order valence-electron chi connectivity index (χ3n) is 2.61. The monoisotopic (exact) mass is 280 g/mol. The lowest BCUT2D eigenvalue weighted by Gasteiger charge is -2.22. The third kappa shape index (κ3) is 6.99. The Bertz CT molecular complexity index is 441. The van der Waals surface area contributed by atoms with Crippen LogP contribution in [-0.4, -0.2) is 30.3 Å². The summed E-state index contributed by atoms with van der Waals surface area (Å²) >= 11 is 0. The molecule has 0 aliphatic carbocycles. The fourth-order valence-electron chi connectivity index (χ4n) is 1.81. The molecule has 0 saturated carbocycles. The first-order valence-electron chi connectivity index (χ1n) is 6.69. The molecule has 0 aliphatic rings. The van der Waals surface area contributed by atoms with Gasteiger partial charge in [0.2, 0.25) is 0 Å². The van der Waals surface area contributed by atoms with Crippen molar-refractivity contribution in [3.8, 4) is 5.75 Å². The van der Waals surface area contributed by atoms with E-state index in [0.717, 1.165) is 0 Å². The highest BCUT2D eigenvalue weighted by Gasteiger charge is 2.17. The summed E-state index contributed by atoms with van der Waals surface area (Å²) in [5, 5.41) is 12.4. The normalized spacial score (nSPS) is 12.8. The number of nitrogens with two attached hydrogens (primary N) is 1. The highest BCUT2D eigenvalue weighted by atomic mass is 16.5. The average Bonchev–Trinajstić information content (AvgIpc) is 2.32. The van der Waals surface area contributed by atoms with Gasteiger partial charge in [0.05, 0.1) is 6.10 Å². The van der Waals surface area contributed by atoms with Gasteiger partial charge in [0.1, 0.15) is 5.75 Å². The van der Waals surface area contributed by atoms with Crippen molar-refractivity contribution in [3.63, 3.8) is 0 Å². The minimum Gasteiger partial charge on any atom is -0.484 e. The summed E-state index contributed by atoms with van der Waals surface area (Å²) in [5.74, 6) is 0.288. The molecule has 1 amide bonds. The number of hydrogen-bond donors (Lipinski definition) is 3. The van der Waals surface area contributed by atoms with E-state index in [1.807, 2.05) is 20.8 Å². The van der Waals surface area contributed by atoms with Crippen molar-refractivity contribution in [2.24, 2.45) is 5.41 Å². The van der Waals surface area contributed by atoms with Crippen molar-refractivity contribution in [2.75, 3.05) is 18.9 Å². The van der Waals surface area contributed by atoms with Crippen LogP contribution in [0.5, 0.6) is 5.75 Å². The number of carbonyl (C=O) groups is 1. The lowest BCUT2D eigenvalue weighted by atomic mass is 9.89. The Morgan fingerprint density at radius 1 is 1.45 bits per heavy atom. The number of benzene rings is 1. The number of aliphatic hydroxyl groups is 1. The predicted molar refractivity (Wildman–Crippen MR) is 79.4 cm³/mol. The lowest BCUT2D eigenvalue weighted by Crippen LogP contribution is -2.36. The molecule has 5 heteroatoms. The SMILES string of the molecule is CC(C)(C)CC(O)CNC(=O)COc1cccc(N)c1. The second kappa shape index (κ2) is 7.14. The van der Waals surface area contributed by atoms with Crippen molar-refractivity contribution in [2.45, 2.75) is 33.3 Å². The van der Waals surface area contributed by atoms with E-state index >= 15 is 0 Å². The molecule has 1 unspecified atom stereocenters. The Labute approximate surface area is 120 Å². The van der Waals surface area contributed by atoms with E-state index in [2.05, 4.69) is 5.32 Å². The van der Waals surface area contributed by atoms with Gasteiger partial charge in [0, 0.05) is 18.3 Å². The number of ether oxygens (including phenoxy) is 1. The van der Waals surface area contributed by atoms with Gasteiger partial charge < -0.3 is 20.9 Å². The number of anilines is 1. The molecule has 0 spiro atoms. The van der Waals surface area contributed by atoms with E-state index in [9.17, 15) is 9.90 Å². The zero-order chi connectivity index (χ0) is 15.2. The molecule has 1 rings (SSSR count). The number of carbonyl (C=O) groups excluding carboxylic acids is 1. The van der Waals surface area contributed by atoms with Gasteiger partial charge in [-0.25, -0.2) is 0 Å². The fourth-order valence-corrected chi connectivity index (χ4v) is 1.81. The summed E-state index contributed by atoms with van der Waals surface area (Å²) in [5.41, 5.74) is 6.23.